The van der Waals surface area contributed by atoms with Gasteiger partial charge in [-0.1, -0.05) is 63.1 Å². The molecule has 0 fully saturated rings. The van der Waals surface area contributed by atoms with Crippen LogP contribution in [-0.4, -0.2) is 5.11 Å². The van der Waals surface area contributed by atoms with E-state index in [4.69, 9.17) is 0 Å². The first-order chi connectivity index (χ1) is 9.69. The topological polar surface area (TPSA) is 20.2 Å². The van der Waals surface area contributed by atoms with Crippen molar-refractivity contribution < 1.29 is 5.11 Å². The lowest BCUT2D eigenvalue weighted by molar-refractivity contribution is 0.0972. The number of rotatable bonds is 6. The van der Waals surface area contributed by atoms with Crippen LogP contribution in [0.25, 0.3) is 10.8 Å². The lowest BCUT2D eigenvalue weighted by Gasteiger charge is -2.25. The van der Waals surface area contributed by atoms with Crippen molar-refractivity contribution in [3.05, 3.63) is 47.5 Å². The van der Waals surface area contributed by atoms with Crippen LogP contribution in [-0.2, 0) is 0 Å². The molecule has 0 amide bonds. The number of fused-ring (bicyclic) bond motifs is 1. The van der Waals surface area contributed by atoms with Gasteiger partial charge in [-0.3, -0.25) is 0 Å². The zero-order chi connectivity index (χ0) is 14.5. The third-order valence-electron chi connectivity index (χ3n) is 4.25. The molecule has 0 aromatic heterocycles. The van der Waals surface area contributed by atoms with E-state index in [1.807, 2.05) is 0 Å². The Morgan fingerprint density at radius 3 is 2.25 bits per heavy atom. The molecule has 0 aliphatic heterocycles. The van der Waals surface area contributed by atoms with Gasteiger partial charge >= 0.3 is 0 Å². The summed E-state index contributed by atoms with van der Waals surface area (Å²) in [5.41, 5.74) is 2.34. The van der Waals surface area contributed by atoms with Crippen LogP contribution in [0, 0.1) is 12.8 Å². The highest BCUT2D eigenvalue weighted by atomic mass is 16.3. The maximum absolute atomic E-state index is 10.9. The summed E-state index contributed by atoms with van der Waals surface area (Å²) in [4.78, 5) is 0. The van der Waals surface area contributed by atoms with Crippen LogP contribution in [0.3, 0.4) is 0 Å². The van der Waals surface area contributed by atoms with E-state index in [0.29, 0.717) is 5.92 Å². The molecule has 2 rings (SSSR count). The van der Waals surface area contributed by atoms with Gasteiger partial charge in [-0.15, -0.1) is 0 Å². The lowest BCUT2D eigenvalue weighted by Crippen LogP contribution is -2.14. The Morgan fingerprint density at radius 1 is 0.950 bits per heavy atom. The Kier molecular flexibility index (Phi) is 5.19. The summed E-state index contributed by atoms with van der Waals surface area (Å²) in [6, 6.07) is 12.7. The molecule has 20 heavy (non-hydrogen) atoms. The molecule has 0 aliphatic carbocycles. The largest absolute Gasteiger partial charge is 0.388 e. The summed E-state index contributed by atoms with van der Waals surface area (Å²) in [6.07, 6.45) is 4.10. The first kappa shape index (κ1) is 15.1. The normalized spacial score (nSPS) is 13.1. The maximum Gasteiger partial charge on any atom is 0.0826 e. The molecule has 0 heterocycles. The van der Waals surface area contributed by atoms with Crippen LogP contribution in [0.1, 0.15) is 56.8 Å². The molecule has 0 spiro atoms. The van der Waals surface area contributed by atoms with Crippen molar-refractivity contribution in [3.8, 4) is 0 Å². The molecule has 0 saturated heterocycles. The summed E-state index contributed by atoms with van der Waals surface area (Å²) < 4.78 is 0. The van der Waals surface area contributed by atoms with Crippen molar-refractivity contribution in [2.75, 3.05) is 0 Å². The average molecular weight is 270 g/mol. The predicted octanol–water partition coefficient (Wildman–Crippen LogP) is 5.40. The van der Waals surface area contributed by atoms with Crippen molar-refractivity contribution in [3.63, 3.8) is 0 Å². The van der Waals surface area contributed by atoms with Gasteiger partial charge in [0.1, 0.15) is 0 Å². The van der Waals surface area contributed by atoms with Gasteiger partial charge in [0.2, 0.25) is 0 Å². The van der Waals surface area contributed by atoms with Gasteiger partial charge in [-0.25, -0.2) is 0 Å². The number of benzene rings is 2. The van der Waals surface area contributed by atoms with Gasteiger partial charge in [0.25, 0.3) is 0 Å². The molecule has 0 bridgehead atoms. The first-order valence-corrected chi connectivity index (χ1v) is 7.85. The fourth-order valence-corrected chi connectivity index (χ4v) is 3.23. The zero-order valence-electron chi connectivity index (χ0n) is 12.9. The Balaban J connectivity index is 2.46. The lowest BCUT2D eigenvalue weighted by atomic mass is 9.84. The van der Waals surface area contributed by atoms with E-state index >= 15 is 0 Å². The van der Waals surface area contributed by atoms with Crippen molar-refractivity contribution >= 4 is 10.8 Å². The summed E-state index contributed by atoms with van der Waals surface area (Å²) >= 11 is 0. The standard InChI is InChI=1S/C19H26O/c1-4-8-16(9-5-2)19(20)18-14(3)12-13-15-10-6-7-11-17(15)18/h6-7,10-13,16,19-20H,4-5,8-9H2,1-3H3. The van der Waals surface area contributed by atoms with Crippen LogP contribution in [0.4, 0.5) is 0 Å². The monoisotopic (exact) mass is 270 g/mol. The molecule has 0 saturated carbocycles. The van der Waals surface area contributed by atoms with Gasteiger partial charge in [0, 0.05) is 0 Å². The van der Waals surface area contributed by atoms with E-state index in [9.17, 15) is 5.11 Å². The van der Waals surface area contributed by atoms with Crippen LogP contribution in [0.2, 0.25) is 0 Å². The van der Waals surface area contributed by atoms with Crippen LogP contribution >= 0.6 is 0 Å². The smallest absolute Gasteiger partial charge is 0.0826 e. The van der Waals surface area contributed by atoms with Crippen molar-refractivity contribution in [1.29, 1.82) is 0 Å². The van der Waals surface area contributed by atoms with Crippen LogP contribution < -0.4 is 0 Å². The minimum atomic E-state index is -0.346. The van der Waals surface area contributed by atoms with E-state index in [-0.39, 0.29) is 6.10 Å². The molecule has 1 unspecified atom stereocenters. The number of aliphatic hydroxyl groups is 1. The van der Waals surface area contributed by atoms with Crippen molar-refractivity contribution in [2.24, 2.45) is 5.92 Å². The second-order valence-corrected chi connectivity index (χ2v) is 5.80. The summed E-state index contributed by atoms with van der Waals surface area (Å²) in [7, 11) is 0. The summed E-state index contributed by atoms with van der Waals surface area (Å²) in [5.74, 6) is 0.370. The molecule has 2 aromatic rings. The SMILES string of the molecule is CCCC(CCC)C(O)c1c(C)ccc2ccccc12. The molecular formula is C19H26O. The Hall–Kier alpha value is -1.34. The van der Waals surface area contributed by atoms with Gasteiger partial charge in [-0.2, -0.15) is 0 Å². The maximum atomic E-state index is 10.9. The first-order valence-electron chi connectivity index (χ1n) is 7.85. The molecule has 2 aromatic carbocycles. The van der Waals surface area contributed by atoms with Crippen molar-refractivity contribution in [1.82, 2.24) is 0 Å². The van der Waals surface area contributed by atoms with E-state index in [0.717, 1.165) is 31.2 Å². The highest BCUT2D eigenvalue weighted by Crippen LogP contribution is 2.35. The van der Waals surface area contributed by atoms with E-state index < -0.39 is 0 Å². The Bertz CT molecular complexity index is 553. The minimum absolute atomic E-state index is 0.346. The molecular weight excluding hydrogens is 244 g/mol. The number of aryl methyl sites for hydroxylation is 1. The Morgan fingerprint density at radius 2 is 1.60 bits per heavy atom. The number of aliphatic hydroxyl groups excluding tert-OH is 1. The summed E-state index contributed by atoms with van der Waals surface area (Å²) in [6.45, 7) is 6.51. The van der Waals surface area contributed by atoms with E-state index in [1.54, 1.807) is 0 Å². The quantitative estimate of drug-likeness (QED) is 0.745. The highest BCUT2D eigenvalue weighted by molar-refractivity contribution is 5.87. The van der Waals surface area contributed by atoms with Crippen LogP contribution in [0.15, 0.2) is 36.4 Å². The third-order valence-corrected chi connectivity index (χ3v) is 4.25. The minimum Gasteiger partial charge on any atom is -0.388 e. The highest BCUT2D eigenvalue weighted by Gasteiger charge is 2.22. The fraction of sp³-hybridized carbons (Fsp3) is 0.474. The second-order valence-electron chi connectivity index (χ2n) is 5.80. The predicted molar refractivity (Wildman–Crippen MR) is 87.0 cm³/mol. The molecule has 1 N–H and O–H groups in total. The van der Waals surface area contributed by atoms with E-state index in [2.05, 4.69) is 57.2 Å². The van der Waals surface area contributed by atoms with Crippen LogP contribution in [0.5, 0.6) is 0 Å². The van der Waals surface area contributed by atoms with Gasteiger partial charge in [0.15, 0.2) is 0 Å². The van der Waals surface area contributed by atoms with Gasteiger partial charge in [-0.05, 0) is 47.6 Å². The van der Waals surface area contributed by atoms with Gasteiger partial charge in [0.05, 0.1) is 6.10 Å². The fourth-order valence-electron chi connectivity index (χ4n) is 3.23. The second kappa shape index (κ2) is 6.90. The molecule has 0 aliphatic rings. The molecule has 108 valence electrons. The molecule has 1 nitrogen and oxygen atoms in total. The molecule has 0 radical (unpaired) electrons. The Labute approximate surface area is 122 Å². The number of hydrogen-bond acceptors (Lipinski definition) is 1. The van der Waals surface area contributed by atoms with E-state index in [1.165, 1.54) is 16.3 Å². The molecule has 1 atom stereocenters. The average Bonchev–Trinajstić information content (AvgIpc) is 2.46. The molecule has 1 heteroatoms. The van der Waals surface area contributed by atoms with Crippen molar-refractivity contribution in [2.45, 2.75) is 52.6 Å². The zero-order valence-corrected chi connectivity index (χ0v) is 12.9. The summed E-state index contributed by atoms with van der Waals surface area (Å²) in [5, 5.41) is 13.3. The number of hydrogen-bond donors (Lipinski definition) is 1. The third kappa shape index (κ3) is 3.04. The van der Waals surface area contributed by atoms with Gasteiger partial charge < -0.3 is 5.11 Å².